The third-order valence-electron chi connectivity index (χ3n) is 4.26. The van der Waals surface area contributed by atoms with Crippen molar-refractivity contribution < 1.29 is 4.79 Å². The van der Waals surface area contributed by atoms with Crippen LogP contribution < -0.4 is 5.32 Å². The number of halogens is 2. The van der Waals surface area contributed by atoms with E-state index in [1.54, 1.807) is 18.2 Å². The number of thioether (sulfide) groups is 1. The Morgan fingerprint density at radius 3 is 2.62 bits per heavy atom. The molecule has 1 aliphatic carbocycles. The first-order valence-electron chi connectivity index (χ1n) is 8.49. The van der Waals surface area contributed by atoms with Crippen molar-refractivity contribution in [2.75, 3.05) is 11.1 Å². The Labute approximate surface area is 167 Å². The van der Waals surface area contributed by atoms with Crippen LogP contribution in [0.5, 0.6) is 0 Å². The summed E-state index contributed by atoms with van der Waals surface area (Å²) >= 11 is 13.3. The Morgan fingerprint density at radius 2 is 1.96 bits per heavy atom. The molecule has 8 heteroatoms. The highest BCUT2D eigenvalue weighted by Gasteiger charge is 2.24. The normalized spacial score (nSPS) is 14.5. The van der Waals surface area contributed by atoms with Gasteiger partial charge in [-0.05, 0) is 31.0 Å². The lowest BCUT2D eigenvalue weighted by atomic mass is 10.1. The topological polar surface area (TPSA) is 59.8 Å². The fraction of sp³-hybridized carbons (Fsp3) is 0.389. The monoisotopic (exact) mass is 410 g/mol. The van der Waals surface area contributed by atoms with Gasteiger partial charge in [-0.2, -0.15) is 0 Å². The molecule has 0 saturated heterocycles. The van der Waals surface area contributed by atoms with Crippen LogP contribution in [0.4, 0.5) is 5.69 Å². The van der Waals surface area contributed by atoms with Crippen LogP contribution >= 0.6 is 35.0 Å². The highest BCUT2D eigenvalue weighted by molar-refractivity contribution is 7.99. The van der Waals surface area contributed by atoms with E-state index in [-0.39, 0.29) is 11.7 Å². The van der Waals surface area contributed by atoms with Gasteiger partial charge >= 0.3 is 0 Å². The Morgan fingerprint density at radius 1 is 1.27 bits per heavy atom. The smallest absolute Gasteiger partial charge is 0.234 e. The summed E-state index contributed by atoms with van der Waals surface area (Å²) in [6.07, 6.45) is 6.60. The van der Waals surface area contributed by atoms with E-state index in [1.165, 1.54) is 24.6 Å². The van der Waals surface area contributed by atoms with E-state index >= 15 is 0 Å². The van der Waals surface area contributed by atoms with Crippen molar-refractivity contribution in [2.24, 2.45) is 0 Å². The zero-order chi connectivity index (χ0) is 18.5. The maximum Gasteiger partial charge on any atom is 0.234 e. The Bertz CT molecular complexity index is 782. The fourth-order valence-corrected chi connectivity index (χ4v) is 4.43. The van der Waals surface area contributed by atoms with Crippen LogP contribution in [0, 0.1) is 0 Å². The van der Waals surface area contributed by atoms with Gasteiger partial charge in [0.2, 0.25) is 5.91 Å². The molecule has 0 bridgehead atoms. The van der Waals surface area contributed by atoms with Crippen LogP contribution in [0.25, 0.3) is 0 Å². The molecule has 1 aliphatic rings. The van der Waals surface area contributed by atoms with E-state index in [0.29, 0.717) is 28.2 Å². The molecular formula is C18H20Cl2N4OS. The zero-order valence-electron chi connectivity index (χ0n) is 14.3. The van der Waals surface area contributed by atoms with Gasteiger partial charge in [0.15, 0.2) is 5.16 Å². The minimum absolute atomic E-state index is 0.149. The first-order chi connectivity index (χ1) is 12.6. The molecule has 1 N–H and O–H groups in total. The number of benzene rings is 1. The lowest BCUT2D eigenvalue weighted by Gasteiger charge is -2.12. The zero-order valence-corrected chi connectivity index (χ0v) is 16.6. The number of nitrogens with zero attached hydrogens (tertiary/aromatic N) is 3. The van der Waals surface area contributed by atoms with Gasteiger partial charge in [-0.3, -0.25) is 4.79 Å². The molecule has 1 saturated carbocycles. The molecule has 26 heavy (non-hydrogen) atoms. The summed E-state index contributed by atoms with van der Waals surface area (Å²) in [4.78, 5) is 12.2. The third kappa shape index (κ3) is 4.81. The van der Waals surface area contributed by atoms with E-state index in [0.717, 1.165) is 23.8 Å². The number of hydrogen-bond acceptors (Lipinski definition) is 4. The average Bonchev–Trinajstić information content (AvgIpc) is 3.22. The predicted molar refractivity (Wildman–Crippen MR) is 107 cm³/mol. The quantitative estimate of drug-likeness (QED) is 0.505. The van der Waals surface area contributed by atoms with Gasteiger partial charge in [0.25, 0.3) is 0 Å². The molecule has 1 heterocycles. The van der Waals surface area contributed by atoms with Crippen LogP contribution in [-0.4, -0.2) is 26.4 Å². The number of carbonyl (C=O) groups is 1. The fourth-order valence-electron chi connectivity index (χ4n) is 3.15. The van der Waals surface area contributed by atoms with Gasteiger partial charge in [-0.1, -0.05) is 53.9 Å². The molecule has 0 unspecified atom stereocenters. The van der Waals surface area contributed by atoms with E-state index in [9.17, 15) is 4.79 Å². The Balaban J connectivity index is 1.65. The van der Waals surface area contributed by atoms with Gasteiger partial charge in [-0.15, -0.1) is 16.8 Å². The molecule has 2 aromatic rings. The molecule has 1 fully saturated rings. The molecule has 0 aliphatic heterocycles. The van der Waals surface area contributed by atoms with Crippen LogP contribution in [-0.2, 0) is 11.3 Å². The molecule has 3 rings (SSSR count). The van der Waals surface area contributed by atoms with Crippen molar-refractivity contribution in [3.05, 3.63) is 46.7 Å². The largest absolute Gasteiger partial charge is 0.325 e. The number of carbonyl (C=O) groups excluding carboxylic acids is 1. The summed E-state index contributed by atoms with van der Waals surface area (Å²) in [5.41, 5.74) is 0.576. The number of amides is 1. The van der Waals surface area contributed by atoms with Gasteiger partial charge in [0.1, 0.15) is 5.82 Å². The van der Waals surface area contributed by atoms with Crippen molar-refractivity contribution in [1.29, 1.82) is 0 Å². The summed E-state index contributed by atoms with van der Waals surface area (Å²) in [7, 11) is 0. The Kier molecular flexibility index (Phi) is 6.62. The second kappa shape index (κ2) is 8.93. The number of aromatic nitrogens is 3. The van der Waals surface area contributed by atoms with E-state index in [1.807, 2.05) is 6.08 Å². The van der Waals surface area contributed by atoms with Gasteiger partial charge in [-0.25, -0.2) is 0 Å². The molecule has 1 aromatic carbocycles. The molecule has 5 nitrogen and oxygen atoms in total. The minimum atomic E-state index is -0.149. The molecule has 138 valence electrons. The molecule has 1 aromatic heterocycles. The SMILES string of the molecule is C=CCn1c(SCC(=O)Nc2cc(Cl)cc(Cl)c2)nnc1C1CCCC1. The highest BCUT2D eigenvalue weighted by atomic mass is 35.5. The Hall–Kier alpha value is -1.50. The molecule has 0 radical (unpaired) electrons. The summed E-state index contributed by atoms with van der Waals surface area (Å²) in [5, 5.41) is 13.2. The average molecular weight is 411 g/mol. The second-order valence-electron chi connectivity index (χ2n) is 6.22. The van der Waals surface area contributed by atoms with Crippen LogP contribution in [0.3, 0.4) is 0 Å². The number of rotatable bonds is 7. The third-order valence-corrected chi connectivity index (χ3v) is 5.66. The van der Waals surface area contributed by atoms with Crippen molar-refractivity contribution in [2.45, 2.75) is 43.3 Å². The maximum absolute atomic E-state index is 12.2. The molecular weight excluding hydrogens is 391 g/mol. The lowest BCUT2D eigenvalue weighted by Crippen LogP contribution is -2.15. The first-order valence-corrected chi connectivity index (χ1v) is 10.2. The standard InChI is InChI=1S/C18H20Cl2N4OS/c1-2-7-24-17(12-5-3-4-6-12)22-23-18(24)26-11-16(25)21-15-9-13(19)8-14(20)10-15/h2,8-10,12H,1,3-7,11H2,(H,21,25). The number of allylic oxidation sites excluding steroid dienone is 1. The van der Waals surface area contributed by atoms with Gasteiger partial charge in [0.05, 0.1) is 5.75 Å². The van der Waals surface area contributed by atoms with Crippen LogP contribution in [0.2, 0.25) is 10.0 Å². The van der Waals surface area contributed by atoms with Crippen molar-refractivity contribution in [3.63, 3.8) is 0 Å². The summed E-state index contributed by atoms with van der Waals surface area (Å²) in [6.45, 7) is 4.47. The van der Waals surface area contributed by atoms with E-state index in [2.05, 4.69) is 26.7 Å². The predicted octanol–water partition coefficient (Wildman–Crippen LogP) is 5.16. The van der Waals surface area contributed by atoms with Crippen molar-refractivity contribution in [1.82, 2.24) is 14.8 Å². The molecule has 0 spiro atoms. The minimum Gasteiger partial charge on any atom is -0.325 e. The summed E-state index contributed by atoms with van der Waals surface area (Å²) < 4.78 is 2.07. The van der Waals surface area contributed by atoms with E-state index in [4.69, 9.17) is 23.2 Å². The van der Waals surface area contributed by atoms with Crippen molar-refractivity contribution >= 4 is 46.6 Å². The van der Waals surface area contributed by atoms with Crippen LogP contribution in [0.1, 0.15) is 37.4 Å². The molecule has 1 amide bonds. The summed E-state index contributed by atoms with van der Waals surface area (Å²) in [5.74, 6) is 1.54. The van der Waals surface area contributed by atoms with E-state index < -0.39 is 0 Å². The second-order valence-corrected chi connectivity index (χ2v) is 8.03. The highest BCUT2D eigenvalue weighted by Crippen LogP contribution is 2.34. The first kappa shape index (κ1) is 19.3. The van der Waals surface area contributed by atoms with Gasteiger partial charge < -0.3 is 9.88 Å². The summed E-state index contributed by atoms with van der Waals surface area (Å²) in [6, 6.07) is 4.94. The number of hydrogen-bond donors (Lipinski definition) is 1. The van der Waals surface area contributed by atoms with Crippen LogP contribution in [0.15, 0.2) is 36.0 Å². The lowest BCUT2D eigenvalue weighted by molar-refractivity contribution is -0.113. The number of anilines is 1. The van der Waals surface area contributed by atoms with Gasteiger partial charge in [0, 0.05) is 28.2 Å². The van der Waals surface area contributed by atoms with Crippen molar-refractivity contribution in [3.8, 4) is 0 Å². The molecule has 0 atom stereocenters. The maximum atomic E-state index is 12.2. The number of nitrogens with one attached hydrogen (secondary N) is 1.